The minimum atomic E-state index is 0.0519. The number of amidine groups is 1. The van der Waals surface area contributed by atoms with E-state index in [1.165, 1.54) is 0 Å². The molecule has 1 saturated heterocycles. The minimum absolute atomic E-state index is 0.0519. The van der Waals surface area contributed by atoms with Crippen molar-refractivity contribution in [1.29, 1.82) is 5.41 Å². The lowest BCUT2D eigenvalue weighted by atomic mass is 9.96. The summed E-state index contributed by atoms with van der Waals surface area (Å²) in [5.41, 5.74) is 6.07. The van der Waals surface area contributed by atoms with Crippen molar-refractivity contribution in [3.63, 3.8) is 0 Å². The van der Waals surface area contributed by atoms with E-state index in [0.717, 1.165) is 25.3 Å². The topological polar surface area (TPSA) is 75.2 Å². The Balaban J connectivity index is 2.09. The Morgan fingerprint density at radius 3 is 2.89 bits per heavy atom. The van der Waals surface area contributed by atoms with E-state index in [0.29, 0.717) is 11.5 Å². The number of piperidine rings is 1. The van der Waals surface area contributed by atoms with Crippen LogP contribution in [-0.2, 0) is 4.74 Å². The van der Waals surface area contributed by atoms with E-state index in [-0.39, 0.29) is 11.9 Å². The van der Waals surface area contributed by atoms with E-state index in [1.807, 2.05) is 12.1 Å². The number of hydrogen-bond acceptors (Lipinski definition) is 4. The van der Waals surface area contributed by atoms with Crippen LogP contribution in [0.2, 0.25) is 0 Å². The summed E-state index contributed by atoms with van der Waals surface area (Å²) in [5.74, 6) is 1.56. The van der Waals surface area contributed by atoms with Gasteiger partial charge in [0, 0.05) is 32.0 Å². The summed E-state index contributed by atoms with van der Waals surface area (Å²) in [6.07, 6.45) is 3.01. The number of aromatic nitrogens is 1. The van der Waals surface area contributed by atoms with E-state index >= 15 is 0 Å². The van der Waals surface area contributed by atoms with Gasteiger partial charge in [0.1, 0.15) is 11.7 Å². The van der Waals surface area contributed by atoms with E-state index in [4.69, 9.17) is 15.9 Å². The van der Waals surface area contributed by atoms with E-state index in [1.54, 1.807) is 13.3 Å². The van der Waals surface area contributed by atoms with Gasteiger partial charge in [0.25, 0.3) is 0 Å². The lowest BCUT2D eigenvalue weighted by molar-refractivity contribution is 0.0496. The summed E-state index contributed by atoms with van der Waals surface area (Å²) in [6, 6.07) is 3.75. The summed E-state index contributed by atoms with van der Waals surface area (Å²) in [7, 11) is 1.76. The van der Waals surface area contributed by atoms with Crippen LogP contribution >= 0.6 is 0 Å². The van der Waals surface area contributed by atoms with Crippen molar-refractivity contribution in [1.82, 2.24) is 4.98 Å². The largest absolute Gasteiger partial charge is 0.384 e. The minimum Gasteiger partial charge on any atom is -0.384 e. The molecule has 98 valence electrons. The maximum absolute atomic E-state index is 7.34. The molecule has 0 saturated carbocycles. The summed E-state index contributed by atoms with van der Waals surface area (Å²) < 4.78 is 5.49. The molecule has 2 unspecified atom stereocenters. The maximum Gasteiger partial charge on any atom is 0.128 e. The highest BCUT2D eigenvalue weighted by molar-refractivity contribution is 5.94. The molecule has 1 aliphatic heterocycles. The van der Waals surface area contributed by atoms with Gasteiger partial charge in [0.15, 0.2) is 0 Å². The molecular weight excluding hydrogens is 228 g/mol. The molecule has 5 nitrogen and oxygen atoms in total. The summed E-state index contributed by atoms with van der Waals surface area (Å²) in [4.78, 5) is 6.59. The van der Waals surface area contributed by atoms with Crippen LogP contribution in [0.25, 0.3) is 0 Å². The van der Waals surface area contributed by atoms with Gasteiger partial charge in [-0.2, -0.15) is 0 Å². The third kappa shape index (κ3) is 2.61. The first-order valence-electron chi connectivity index (χ1n) is 6.20. The van der Waals surface area contributed by atoms with Crippen LogP contribution in [0, 0.1) is 11.3 Å². The lowest BCUT2D eigenvalue weighted by Crippen LogP contribution is -2.44. The molecule has 1 fully saturated rings. The molecule has 1 aromatic rings. The van der Waals surface area contributed by atoms with Crippen molar-refractivity contribution in [3.8, 4) is 0 Å². The fraction of sp³-hybridized carbons (Fsp3) is 0.538. The zero-order valence-electron chi connectivity index (χ0n) is 10.9. The fourth-order valence-electron chi connectivity index (χ4n) is 2.28. The van der Waals surface area contributed by atoms with Gasteiger partial charge in [-0.3, -0.25) is 5.41 Å². The first-order chi connectivity index (χ1) is 8.61. The fourth-order valence-corrected chi connectivity index (χ4v) is 2.28. The zero-order chi connectivity index (χ0) is 13.1. The number of nitrogens with two attached hydrogens (primary N) is 1. The number of nitrogens with zero attached hydrogens (tertiary/aromatic N) is 2. The number of ether oxygens (including phenoxy) is 1. The Labute approximate surface area is 107 Å². The predicted octanol–water partition coefficient (Wildman–Crippen LogP) is 1.23. The first kappa shape index (κ1) is 12.8. The third-order valence-electron chi connectivity index (χ3n) is 3.57. The van der Waals surface area contributed by atoms with Crippen LogP contribution in [0.5, 0.6) is 0 Å². The number of pyridine rings is 1. The van der Waals surface area contributed by atoms with Gasteiger partial charge < -0.3 is 15.4 Å². The molecule has 1 aromatic heterocycles. The highest BCUT2D eigenvalue weighted by atomic mass is 16.5. The normalized spacial score (nSPS) is 24.0. The molecule has 2 atom stereocenters. The van der Waals surface area contributed by atoms with Gasteiger partial charge in [0.2, 0.25) is 0 Å². The van der Waals surface area contributed by atoms with Gasteiger partial charge >= 0.3 is 0 Å². The SMILES string of the molecule is COC1CN(c2ccc(C(=N)N)cn2)CCC1C. The molecule has 0 radical (unpaired) electrons. The Hall–Kier alpha value is -1.62. The quantitative estimate of drug-likeness (QED) is 0.623. The molecule has 0 aromatic carbocycles. The molecular formula is C13H20N4O. The Morgan fingerprint density at radius 2 is 2.33 bits per heavy atom. The molecule has 18 heavy (non-hydrogen) atoms. The van der Waals surface area contributed by atoms with E-state index < -0.39 is 0 Å². The van der Waals surface area contributed by atoms with Crippen molar-refractivity contribution in [2.24, 2.45) is 11.7 Å². The summed E-state index contributed by atoms with van der Waals surface area (Å²) >= 11 is 0. The van der Waals surface area contributed by atoms with Crippen LogP contribution in [0.4, 0.5) is 5.82 Å². The van der Waals surface area contributed by atoms with Crippen LogP contribution in [0.15, 0.2) is 18.3 Å². The van der Waals surface area contributed by atoms with Gasteiger partial charge in [-0.25, -0.2) is 4.98 Å². The average Bonchev–Trinajstić information content (AvgIpc) is 2.39. The van der Waals surface area contributed by atoms with Crippen molar-refractivity contribution in [2.45, 2.75) is 19.4 Å². The zero-order valence-corrected chi connectivity index (χ0v) is 10.9. The standard InChI is InChI=1S/C13H20N4O/c1-9-5-6-17(8-11(9)18-2)12-4-3-10(7-16-12)13(14)15/h3-4,7,9,11H,5-6,8H2,1-2H3,(H3,14,15). The molecule has 0 spiro atoms. The first-order valence-corrected chi connectivity index (χ1v) is 6.20. The molecule has 2 rings (SSSR count). The van der Waals surface area contributed by atoms with Gasteiger partial charge in [-0.1, -0.05) is 6.92 Å². The van der Waals surface area contributed by atoms with E-state index in [9.17, 15) is 0 Å². The van der Waals surface area contributed by atoms with Gasteiger partial charge in [0.05, 0.1) is 6.10 Å². The lowest BCUT2D eigenvalue weighted by Gasteiger charge is -2.36. The van der Waals surface area contributed by atoms with Crippen molar-refractivity contribution in [2.75, 3.05) is 25.1 Å². The Morgan fingerprint density at radius 1 is 1.56 bits per heavy atom. The number of methoxy groups -OCH3 is 1. The Bertz CT molecular complexity index is 418. The third-order valence-corrected chi connectivity index (χ3v) is 3.57. The second kappa shape index (κ2) is 5.35. The number of nitrogens with one attached hydrogen (secondary N) is 1. The van der Waals surface area contributed by atoms with Crippen molar-refractivity contribution < 1.29 is 4.74 Å². The van der Waals surface area contributed by atoms with Gasteiger partial charge in [-0.05, 0) is 24.5 Å². The van der Waals surface area contributed by atoms with Gasteiger partial charge in [-0.15, -0.1) is 0 Å². The molecule has 2 heterocycles. The van der Waals surface area contributed by atoms with Crippen LogP contribution in [-0.4, -0.2) is 37.1 Å². The second-order valence-corrected chi connectivity index (χ2v) is 4.80. The number of hydrogen-bond donors (Lipinski definition) is 2. The van der Waals surface area contributed by atoms with Crippen LogP contribution in [0.3, 0.4) is 0 Å². The summed E-state index contributed by atoms with van der Waals surface area (Å²) in [5, 5.41) is 7.34. The molecule has 0 amide bonds. The van der Waals surface area contributed by atoms with Crippen LogP contribution < -0.4 is 10.6 Å². The molecule has 5 heteroatoms. The van der Waals surface area contributed by atoms with Crippen molar-refractivity contribution in [3.05, 3.63) is 23.9 Å². The van der Waals surface area contributed by atoms with Crippen molar-refractivity contribution >= 4 is 11.7 Å². The number of rotatable bonds is 3. The molecule has 0 aliphatic carbocycles. The molecule has 0 bridgehead atoms. The Kier molecular flexibility index (Phi) is 3.81. The molecule has 3 N–H and O–H groups in total. The average molecular weight is 248 g/mol. The second-order valence-electron chi connectivity index (χ2n) is 4.80. The monoisotopic (exact) mass is 248 g/mol. The number of nitrogen functional groups attached to an aromatic ring is 1. The summed E-state index contributed by atoms with van der Waals surface area (Å²) in [6.45, 7) is 4.08. The predicted molar refractivity (Wildman–Crippen MR) is 72.0 cm³/mol. The highest BCUT2D eigenvalue weighted by Gasteiger charge is 2.26. The van der Waals surface area contributed by atoms with Crippen LogP contribution in [0.1, 0.15) is 18.9 Å². The molecule has 1 aliphatic rings. The highest BCUT2D eigenvalue weighted by Crippen LogP contribution is 2.23. The number of anilines is 1. The maximum atomic E-state index is 7.34. The smallest absolute Gasteiger partial charge is 0.128 e. The van der Waals surface area contributed by atoms with E-state index in [2.05, 4.69) is 16.8 Å².